The van der Waals surface area contributed by atoms with E-state index >= 15 is 0 Å². The first-order valence-corrected chi connectivity index (χ1v) is 7.51. The highest BCUT2D eigenvalue weighted by atomic mass is 35.5. The minimum atomic E-state index is -0.531. The van der Waals surface area contributed by atoms with Crippen molar-refractivity contribution in [3.63, 3.8) is 0 Å². The largest absolute Gasteiger partial charge is 0.351 e. The zero-order valence-electron chi connectivity index (χ0n) is 12.0. The van der Waals surface area contributed by atoms with E-state index in [-0.39, 0.29) is 27.6 Å². The topological polar surface area (TPSA) is 72.2 Å². The lowest BCUT2D eigenvalue weighted by atomic mass is 9.76. The normalized spacial score (nSPS) is 17.2. The number of nitro benzene ring substituents is 1. The molecule has 1 N–H and O–H groups in total. The van der Waals surface area contributed by atoms with E-state index in [9.17, 15) is 14.9 Å². The molecular formula is C15H19ClN2O3. The van der Waals surface area contributed by atoms with Crippen molar-refractivity contribution in [2.45, 2.75) is 39.0 Å². The second kappa shape index (κ2) is 6.43. The number of benzene rings is 1. The van der Waals surface area contributed by atoms with Gasteiger partial charge in [-0.15, -0.1) is 0 Å². The van der Waals surface area contributed by atoms with Gasteiger partial charge in [-0.2, -0.15) is 0 Å². The second-order valence-electron chi connectivity index (χ2n) is 5.98. The summed E-state index contributed by atoms with van der Waals surface area (Å²) in [5.41, 5.74) is 0.304. The van der Waals surface area contributed by atoms with Crippen LogP contribution in [0, 0.1) is 15.5 Å². The molecule has 6 heteroatoms. The van der Waals surface area contributed by atoms with Gasteiger partial charge < -0.3 is 5.32 Å². The number of hydrogen-bond acceptors (Lipinski definition) is 3. The van der Waals surface area contributed by atoms with Crippen molar-refractivity contribution in [1.82, 2.24) is 5.32 Å². The molecule has 1 aliphatic carbocycles. The van der Waals surface area contributed by atoms with Crippen LogP contribution in [-0.4, -0.2) is 17.4 Å². The van der Waals surface area contributed by atoms with Crippen molar-refractivity contribution in [3.05, 3.63) is 38.9 Å². The van der Waals surface area contributed by atoms with Crippen LogP contribution < -0.4 is 5.32 Å². The number of carbonyl (C=O) groups is 1. The summed E-state index contributed by atoms with van der Waals surface area (Å²) in [4.78, 5) is 22.3. The first-order valence-electron chi connectivity index (χ1n) is 7.13. The lowest BCUT2D eigenvalue weighted by Gasteiger charge is -2.33. The fraction of sp³-hybridized carbons (Fsp3) is 0.533. The molecule has 2 rings (SSSR count). The Morgan fingerprint density at radius 3 is 2.62 bits per heavy atom. The van der Waals surface area contributed by atoms with Crippen LogP contribution in [0.15, 0.2) is 18.2 Å². The number of carbonyl (C=O) groups excluding carboxylic acids is 1. The number of halogens is 1. The van der Waals surface area contributed by atoms with Crippen molar-refractivity contribution in [3.8, 4) is 0 Å². The molecule has 5 nitrogen and oxygen atoms in total. The third kappa shape index (κ3) is 3.94. The molecule has 21 heavy (non-hydrogen) atoms. The molecule has 0 unspecified atom stereocenters. The third-order valence-corrected chi connectivity index (χ3v) is 4.46. The first-order chi connectivity index (χ1) is 9.91. The smallest absolute Gasteiger partial charge is 0.270 e. The second-order valence-corrected chi connectivity index (χ2v) is 6.38. The SMILES string of the molecule is CC1(CNC(=O)c2ccc([N+](=O)[O-])cc2Cl)CCCCC1. The zero-order valence-corrected chi connectivity index (χ0v) is 12.8. The van der Waals surface area contributed by atoms with Crippen LogP contribution in [0.5, 0.6) is 0 Å². The quantitative estimate of drug-likeness (QED) is 0.676. The molecule has 0 saturated heterocycles. The van der Waals surface area contributed by atoms with Gasteiger partial charge in [-0.3, -0.25) is 14.9 Å². The highest BCUT2D eigenvalue weighted by Crippen LogP contribution is 2.35. The van der Waals surface area contributed by atoms with Crippen LogP contribution in [0.25, 0.3) is 0 Å². The molecule has 0 heterocycles. The third-order valence-electron chi connectivity index (χ3n) is 4.14. The van der Waals surface area contributed by atoms with Gasteiger partial charge in [-0.05, 0) is 24.3 Å². The average molecular weight is 311 g/mol. The Hall–Kier alpha value is -1.62. The molecule has 0 aromatic heterocycles. The minimum Gasteiger partial charge on any atom is -0.351 e. The number of hydrogen-bond donors (Lipinski definition) is 1. The molecule has 0 bridgehead atoms. The summed E-state index contributed by atoms with van der Waals surface area (Å²) in [7, 11) is 0. The van der Waals surface area contributed by atoms with Gasteiger partial charge in [0.05, 0.1) is 15.5 Å². The van der Waals surface area contributed by atoms with Crippen molar-refractivity contribution < 1.29 is 9.72 Å². The van der Waals surface area contributed by atoms with E-state index in [4.69, 9.17) is 11.6 Å². The number of amides is 1. The summed E-state index contributed by atoms with van der Waals surface area (Å²) in [6.45, 7) is 2.79. The first kappa shape index (κ1) is 15.8. The van der Waals surface area contributed by atoms with E-state index in [1.54, 1.807) is 0 Å². The van der Waals surface area contributed by atoms with Crippen LogP contribution in [0.4, 0.5) is 5.69 Å². The minimum absolute atomic E-state index is 0.107. The molecule has 0 atom stereocenters. The maximum absolute atomic E-state index is 12.2. The van der Waals surface area contributed by atoms with Crippen LogP contribution >= 0.6 is 11.6 Å². The Labute approximate surface area is 128 Å². The Morgan fingerprint density at radius 2 is 2.05 bits per heavy atom. The van der Waals surface area contributed by atoms with E-state index in [1.165, 1.54) is 37.5 Å². The summed E-state index contributed by atoms with van der Waals surface area (Å²) in [6.07, 6.45) is 5.88. The molecule has 1 aliphatic rings. The number of nitrogens with one attached hydrogen (secondary N) is 1. The Kier molecular flexibility index (Phi) is 4.83. The van der Waals surface area contributed by atoms with Gasteiger partial charge in [0.15, 0.2) is 0 Å². The fourth-order valence-electron chi connectivity index (χ4n) is 2.77. The standard InChI is InChI=1S/C15H19ClN2O3/c1-15(7-3-2-4-8-15)10-17-14(19)12-6-5-11(18(20)21)9-13(12)16/h5-6,9H,2-4,7-8,10H2,1H3,(H,17,19). The highest BCUT2D eigenvalue weighted by molar-refractivity contribution is 6.34. The lowest BCUT2D eigenvalue weighted by molar-refractivity contribution is -0.384. The van der Waals surface area contributed by atoms with Crippen molar-refractivity contribution in [2.24, 2.45) is 5.41 Å². The summed E-state index contributed by atoms with van der Waals surface area (Å²) in [6, 6.07) is 3.90. The number of nitrogens with zero attached hydrogens (tertiary/aromatic N) is 1. The van der Waals surface area contributed by atoms with Gasteiger partial charge in [0.2, 0.25) is 0 Å². The molecule has 114 valence electrons. The van der Waals surface area contributed by atoms with Crippen molar-refractivity contribution in [2.75, 3.05) is 6.54 Å². The van der Waals surface area contributed by atoms with Crippen molar-refractivity contribution in [1.29, 1.82) is 0 Å². The van der Waals surface area contributed by atoms with Gasteiger partial charge >= 0.3 is 0 Å². The summed E-state index contributed by atoms with van der Waals surface area (Å²) >= 11 is 5.96. The number of nitro groups is 1. The summed E-state index contributed by atoms with van der Waals surface area (Å²) < 4.78 is 0. The number of non-ortho nitro benzene ring substituents is 1. The summed E-state index contributed by atoms with van der Waals surface area (Å²) in [5, 5.41) is 13.7. The molecule has 1 saturated carbocycles. The Bertz CT molecular complexity index is 554. The van der Waals surface area contributed by atoms with E-state index in [0.29, 0.717) is 6.54 Å². The Morgan fingerprint density at radius 1 is 1.38 bits per heavy atom. The van der Waals surface area contributed by atoms with Crippen molar-refractivity contribution >= 4 is 23.2 Å². The van der Waals surface area contributed by atoms with Gasteiger partial charge in [-0.1, -0.05) is 37.8 Å². The zero-order chi connectivity index (χ0) is 15.5. The van der Waals surface area contributed by atoms with E-state index in [1.807, 2.05) is 0 Å². The monoisotopic (exact) mass is 310 g/mol. The van der Waals surface area contributed by atoms with Crippen LogP contribution in [0.2, 0.25) is 5.02 Å². The number of rotatable bonds is 4. The van der Waals surface area contributed by atoms with Crippen LogP contribution in [-0.2, 0) is 0 Å². The van der Waals surface area contributed by atoms with Crippen LogP contribution in [0.1, 0.15) is 49.4 Å². The molecule has 0 spiro atoms. The molecular weight excluding hydrogens is 292 g/mol. The molecule has 1 aromatic carbocycles. The molecule has 1 aromatic rings. The molecule has 1 amide bonds. The van der Waals surface area contributed by atoms with Gasteiger partial charge in [0.1, 0.15) is 0 Å². The van der Waals surface area contributed by atoms with Crippen LogP contribution in [0.3, 0.4) is 0 Å². The van der Waals surface area contributed by atoms with E-state index in [2.05, 4.69) is 12.2 Å². The highest BCUT2D eigenvalue weighted by Gasteiger charge is 2.27. The molecule has 0 aliphatic heterocycles. The average Bonchev–Trinajstić information content (AvgIpc) is 2.45. The maximum atomic E-state index is 12.2. The predicted molar refractivity (Wildman–Crippen MR) is 81.6 cm³/mol. The fourth-order valence-corrected chi connectivity index (χ4v) is 3.03. The van der Waals surface area contributed by atoms with Gasteiger partial charge in [0.25, 0.3) is 11.6 Å². The Balaban J connectivity index is 2.01. The van der Waals surface area contributed by atoms with Gasteiger partial charge in [0, 0.05) is 18.7 Å². The molecule has 1 fully saturated rings. The summed E-state index contributed by atoms with van der Waals surface area (Å²) in [5.74, 6) is -0.276. The lowest BCUT2D eigenvalue weighted by Crippen LogP contribution is -2.37. The van der Waals surface area contributed by atoms with Gasteiger partial charge in [-0.25, -0.2) is 0 Å². The van der Waals surface area contributed by atoms with E-state index in [0.717, 1.165) is 12.8 Å². The predicted octanol–water partition coefficient (Wildman–Crippen LogP) is 3.95. The molecule has 0 radical (unpaired) electrons. The van der Waals surface area contributed by atoms with E-state index < -0.39 is 4.92 Å². The maximum Gasteiger partial charge on any atom is 0.270 e.